The summed E-state index contributed by atoms with van der Waals surface area (Å²) in [6.45, 7) is 7.24. The van der Waals surface area contributed by atoms with Crippen LogP contribution in [0.25, 0.3) is 0 Å². The zero-order valence-electron chi connectivity index (χ0n) is 18.0. The zero-order chi connectivity index (χ0) is 22.1. The van der Waals surface area contributed by atoms with Crippen molar-refractivity contribution in [1.29, 1.82) is 0 Å². The third-order valence-corrected chi connectivity index (χ3v) is 6.50. The van der Waals surface area contributed by atoms with E-state index in [2.05, 4.69) is 15.6 Å². The zero-order valence-corrected chi connectivity index (χ0v) is 18.8. The second-order valence-corrected chi connectivity index (χ2v) is 9.48. The number of nitrogens with zero attached hydrogens (tertiary/aromatic N) is 3. The Balaban J connectivity index is 1.39. The molecule has 1 saturated heterocycles. The van der Waals surface area contributed by atoms with E-state index in [0.29, 0.717) is 31.2 Å². The van der Waals surface area contributed by atoms with Crippen LogP contribution < -0.4 is 15.5 Å². The first-order chi connectivity index (χ1) is 14.8. The van der Waals surface area contributed by atoms with Gasteiger partial charge in [-0.25, -0.2) is 9.78 Å². The van der Waals surface area contributed by atoms with E-state index < -0.39 is 0 Å². The highest BCUT2D eigenvalue weighted by molar-refractivity contribution is 7.15. The van der Waals surface area contributed by atoms with Gasteiger partial charge in [0, 0.05) is 42.5 Å². The number of anilines is 2. The number of carbonyl (C=O) groups is 3. The molecule has 0 saturated carbocycles. The SMILES string of the molecule is Cc1ccc(N2CC(C(=O)N3CCc4nc(NC(=O)NC(C)C)sc4C3)CC2=O)cc1. The van der Waals surface area contributed by atoms with E-state index in [0.717, 1.165) is 21.8 Å². The minimum Gasteiger partial charge on any atom is -0.337 e. The Hall–Kier alpha value is -2.94. The summed E-state index contributed by atoms with van der Waals surface area (Å²) in [4.78, 5) is 46.6. The van der Waals surface area contributed by atoms with Crippen LogP contribution in [0.15, 0.2) is 24.3 Å². The number of hydrogen-bond acceptors (Lipinski definition) is 5. The first kappa shape index (κ1) is 21.3. The van der Waals surface area contributed by atoms with E-state index in [1.54, 1.807) is 4.90 Å². The highest BCUT2D eigenvalue weighted by atomic mass is 32.1. The summed E-state index contributed by atoms with van der Waals surface area (Å²) in [5, 5.41) is 6.08. The third kappa shape index (κ3) is 4.71. The Bertz CT molecular complexity index is 1000. The first-order valence-electron chi connectivity index (χ1n) is 10.5. The standard InChI is InChI=1S/C22H27N5O3S/c1-13(2)23-21(30)25-22-24-17-8-9-26(12-18(17)31-22)20(29)15-10-19(28)27(11-15)16-6-4-14(3)5-7-16/h4-7,13,15H,8-12H2,1-3H3,(H2,23,24,25,30). The lowest BCUT2D eigenvalue weighted by Gasteiger charge is -2.28. The van der Waals surface area contributed by atoms with E-state index >= 15 is 0 Å². The fourth-order valence-electron chi connectivity index (χ4n) is 3.94. The maximum Gasteiger partial charge on any atom is 0.321 e. The molecular weight excluding hydrogens is 414 g/mol. The third-order valence-electron chi connectivity index (χ3n) is 5.50. The molecule has 2 aliphatic rings. The molecule has 31 heavy (non-hydrogen) atoms. The number of urea groups is 1. The number of carbonyl (C=O) groups excluding carboxylic acids is 3. The number of thiazole rings is 1. The monoisotopic (exact) mass is 441 g/mol. The fraction of sp³-hybridized carbons (Fsp3) is 0.455. The molecule has 164 valence electrons. The van der Waals surface area contributed by atoms with Gasteiger partial charge in [0.15, 0.2) is 5.13 Å². The van der Waals surface area contributed by atoms with E-state index in [1.807, 2.05) is 49.9 Å². The van der Waals surface area contributed by atoms with Gasteiger partial charge >= 0.3 is 6.03 Å². The summed E-state index contributed by atoms with van der Waals surface area (Å²) in [5.41, 5.74) is 2.90. The van der Waals surface area contributed by atoms with Crippen LogP contribution in [0, 0.1) is 12.8 Å². The Morgan fingerprint density at radius 2 is 1.97 bits per heavy atom. The topological polar surface area (TPSA) is 94.6 Å². The Kier molecular flexibility index (Phi) is 5.95. The van der Waals surface area contributed by atoms with Gasteiger partial charge in [-0.3, -0.25) is 14.9 Å². The van der Waals surface area contributed by atoms with Gasteiger partial charge in [0.05, 0.1) is 18.2 Å². The molecule has 0 aliphatic carbocycles. The Morgan fingerprint density at radius 1 is 1.23 bits per heavy atom. The second kappa shape index (κ2) is 8.66. The van der Waals surface area contributed by atoms with Crippen molar-refractivity contribution in [3.05, 3.63) is 40.4 Å². The van der Waals surface area contributed by atoms with Crippen molar-refractivity contribution in [2.75, 3.05) is 23.3 Å². The molecule has 1 atom stereocenters. The molecule has 3 heterocycles. The molecule has 9 heteroatoms. The predicted octanol–water partition coefficient (Wildman–Crippen LogP) is 2.92. The molecule has 0 bridgehead atoms. The number of fused-ring (bicyclic) bond motifs is 1. The van der Waals surface area contributed by atoms with Crippen LogP contribution in [0.3, 0.4) is 0 Å². The molecule has 0 spiro atoms. The van der Waals surface area contributed by atoms with Crippen LogP contribution in [0.2, 0.25) is 0 Å². The molecule has 2 aromatic rings. The van der Waals surface area contributed by atoms with Crippen LogP contribution in [-0.2, 0) is 22.6 Å². The summed E-state index contributed by atoms with van der Waals surface area (Å²) in [5.74, 6) is -0.341. The van der Waals surface area contributed by atoms with Gasteiger partial charge in [-0.2, -0.15) is 0 Å². The fourth-order valence-corrected chi connectivity index (χ4v) is 4.96. The number of aryl methyl sites for hydroxylation is 1. The molecular formula is C22H27N5O3S. The molecule has 4 rings (SSSR count). The minimum atomic E-state index is -0.335. The van der Waals surface area contributed by atoms with Crippen molar-refractivity contribution in [2.24, 2.45) is 5.92 Å². The summed E-state index contributed by atoms with van der Waals surface area (Å²) in [6, 6.07) is 7.55. The van der Waals surface area contributed by atoms with Crippen LogP contribution in [0.5, 0.6) is 0 Å². The van der Waals surface area contributed by atoms with Crippen LogP contribution in [0.1, 0.15) is 36.4 Å². The summed E-state index contributed by atoms with van der Waals surface area (Å²) < 4.78 is 0. The minimum absolute atomic E-state index is 0.00840. The number of amides is 4. The maximum atomic E-state index is 13.1. The van der Waals surface area contributed by atoms with Gasteiger partial charge in [0.1, 0.15) is 0 Å². The van der Waals surface area contributed by atoms with E-state index in [9.17, 15) is 14.4 Å². The normalized spacial score (nSPS) is 18.3. The number of rotatable bonds is 4. The van der Waals surface area contributed by atoms with Gasteiger partial charge in [-0.05, 0) is 32.9 Å². The van der Waals surface area contributed by atoms with Gasteiger partial charge in [-0.15, -0.1) is 0 Å². The van der Waals surface area contributed by atoms with Gasteiger partial charge in [0.2, 0.25) is 11.8 Å². The maximum absolute atomic E-state index is 13.1. The van der Waals surface area contributed by atoms with E-state index in [1.165, 1.54) is 11.3 Å². The van der Waals surface area contributed by atoms with Crippen molar-refractivity contribution in [1.82, 2.24) is 15.2 Å². The number of hydrogen-bond donors (Lipinski definition) is 2. The average Bonchev–Trinajstić information content (AvgIpc) is 3.29. The van der Waals surface area contributed by atoms with Gasteiger partial charge in [0.25, 0.3) is 0 Å². The highest BCUT2D eigenvalue weighted by Crippen LogP contribution is 2.31. The largest absolute Gasteiger partial charge is 0.337 e. The molecule has 4 amide bonds. The molecule has 1 unspecified atom stereocenters. The van der Waals surface area contributed by atoms with Crippen LogP contribution in [-0.4, -0.2) is 46.9 Å². The molecule has 1 aromatic heterocycles. The van der Waals surface area contributed by atoms with Crippen molar-refractivity contribution in [3.8, 4) is 0 Å². The average molecular weight is 442 g/mol. The molecule has 2 aliphatic heterocycles. The molecule has 1 fully saturated rings. The first-order valence-corrected chi connectivity index (χ1v) is 11.3. The number of benzene rings is 1. The van der Waals surface area contributed by atoms with E-state index in [4.69, 9.17) is 0 Å². The molecule has 1 aromatic carbocycles. The quantitative estimate of drug-likeness (QED) is 0.763. The number of nitrogens with one attached hydrogen (secondary N) is 2. The summed E-state index contributed by atoms with van der Waals surface area (Å²) >= 11 is 1.40. The lowest BCUT2D eigenvalue weighted by molar-refractivity contribution is -0.136. The lowest BCUT2D eigenvalue weighted by atomic mass is 10.1. The number of aromatic nitrogens is 1. The van der Waals surface area contributed by atoms with Crippen molar-refractivity contribution in [2.45, 2.75) is 46.2 Å². The van der Waals surface area contributed by atoms with Crippen molar-refractivity contribution < 1.29 is 14.4 Å². The highest BCUT2D eigenvalue weighted by Gasteiger charge is 2.38. The molecule has 2 N–H and O–H groups in total. The smallest absolute Gasteiger partial charge is 0.321 e. The second-order valence-electron chi connectivity index (χ2n) is 8.39. The Labute approximate surface area is 185 Å². The Morgan fingerprint density at radius 3 is 2.68 bits per heavy atom. The van der Waals surface area contributed by atoms with Crippen molar-refractivity contribution >= 4 is 40.0 Å². The van der Waals surface area contributed by atoms with Crippen LogP contribution >= 0.6 is 11.3 Å². The summed E-state index contributed by atoms with van der Waals surface area (Å²) in [7, 11) is 0. The molecule has 0 radical (unpaired) electrons. The lowest BCUT2D eigenvalue weighted by Crippen LogP contribution is -2.40. The van der Waals surface area contributed by atoms with Crippen molar-refractivity contribution in [3.63, 3.8) is 0 Å². The predicted molar refractivity (Wildman–Crippen MR) is 120 cm³/mol. The van der Waals surface area contributed by atoms with E-state index in [-0.39, 0.29) is 36.2 Å². The molecule has 8 nitrogen and oxygen atoms in total. The summed E-state index contributed by atoms with van der Waals surface area (Å²) in [6.07, 6.45) is 0.883. The van der Waals surface area contributed by atoms with Gasteiger partial charge in [-0.1, -0.05) is 29.0 Å². The van der Waals surface area contributed by atoms with Gasteiger partial charge < -0.3 is 15.1 Å². The van der Waals surface area contributed by atoms with Crippen LogP contribution in [0.4, 0.5) is 15.6 Å².